The Balaban J connectivity index is 1.81. The van der Waals surface area contributed by atoms with E-state index in [1.54, 1.807) is 31.2 Å². The van der Waals surface area contributed by atoms with Gasteiger partial charge in [-0.05, 0) is 61.7 Å². The number of nitrogens with one attached hydrogen (secondary N) is 1. The SMILES string of the molecule is C=CCOC(=O)[C@H](C)Oc1cccc(Cc2c(C)[nH]c3ccc(OC(F)(F)F)cc23)c1. The first kappa shape index (κ1) is 22.3. The van der Waals surface area contributed by atoms with Crippen LogP contribution in [0.2, 0.25) is 0 Å². The summed E-state index contributed by atoms with van der Waals surface area (Å²) in [6, 6.07) is 11.4. The molecule has 31 heavy (non-hydrogen) atoms. The second kappa shape index (κ2) is 9.16. The van der Waals surface area contributed by atoms with Gasteiger partial charge in [0.15, 0.2) is 6.10 Å². The zero-order valence-corrected chi connectivity index (χ0v) is 17.1. The minimum absolute atomic E-state index is 0.104. The number of benzene rings is 2. The van der Waals surface area contributed by atoms with Gasteiger partial charge in [0.1, 0.15) is 18.1 Å². The molecule has 5 nitrogen and oxygen atoms in total. The van der Waals surface area contributed by atoms with Crippen LogP contribution in [0.25, 0.3) is 10.9 Å². The topological polar surface area (TPSA) is 60.5 Å². The summed E-state index contributed by atoms with van der Waals surface area (Å²) in [6.45, 7) is 7.04. The van der Waals surface area contributed by atoms with Crippen molar-refractivity contribution >= 4 is 16.9 Å². The van der Waals surface area contributed by atoms with E-state index >= 15 is 0 Å². The lowest BCUT2D eigenvalue weighted by Crippen LogP contribution is -2.26. The Kier molecular flexibility index (Phi) is 6.58. The Hall–Kier alpha value is -3.42. The third-order valence-corrected chi connectivity index (χ3v) is 4.59. The number of halogens is 3. The lowest BCUT2D eigenvalue weighted by molar-refractivity contribution is -0.274. The van der Waals surface area contributed by atoms with Crippen LogP contribution < -0.4 is 9.47 Å². The molecule has 164 valence electrons. The van der Waals surface area contributed by atoms with Crippen molar-refractivity contribution < 1.29 is 32.2 Å². The van der Waals surface area contributed by atoms with Gasteiger partial charge in [-0.15, -0.1) is 13.2 Å². The molecule has 3 rings (SSSR count). The fourth-order valence-electron chi connectivity index (χ4n) is 3.23. The minimum Gasteiger partial charge on any atom is -0.479 e. The molecular weight excluding hydrogens is 411 g/mol. The zero-order chi connectivity index (χ0) is 22.6. The molecule has 1 atom stereocenters. The highest BCUT2D eigenvalue weighted by Crippen LogP contribution is 2.31. The van der Waals surface area contributed by atoms with E-state index in [4.69, 9.17) is 9.47 Å². The monoisotopic (exact) mass is 433 g/mol. The molecule has 2 aromatic carbocycles. The average Bonchev–Trinajstić information content (AvgIpc) is 3.00. The molecule has 0 radical (unpaired) electrons. The maximum Gasteiger partial charge on any atom is 0.573 e. The first-order chi connectivity index (χ1) is 14.7. The van der Waals surface area contributed by atoms with Gasteiger partial charge in [-0.25, -0.2) is 4.79 Å². The summed E-state index contributed by atoms with van der Waals surface area (Å²) in [5.74, 6) is -0.293. The Morgan fingerprint density at radius 3 is 2.68 bits per heavy atom. The van der Waals surface area contributed by atoms with Gasteiger partial charge < -0.3 is 19.2 Å². The fourth-order valence-corrected chi connectivity index (χ4v) is 3.23. The van der Waals surface area contributed by atoms with Gasteiger partial charge >= 0.3 is 12.3 Å². The second-order valence-corrected chi connectivity index (χ2v) is 6.99. The predicted molar refractivity (Wildman–Crippen MR) is 110 cm³/mol. The number of carbonyl (C=O) groups is 1. The molecule has 8 heteroatoms. The van der Waals surface area contributed by atoms with E-state index in [0.29, 0.717) is 23.1 Å². The van der Waals surface area contributed by atoms with Crippen molar-refractivity contribution in [3.63, 3.8) is 0 Å². The average molecular weight is 433 g/mol. The molecule has 0 aliphatic heterocycles. The van der Waals surface area contributed by atoms with Crippen LogP contribution in [-0.4, -0.2) is 30.0 Å². The van der Waals surface area contributed by atoms with Crippen molar-refractivity contribution in [1.82, 2.24) is 4.98 Å². The van der Waals surface area contributed by atoms with E-state index in [9.17, 15) is 18.0 Å². The van der Waals surface area contributed by atoms with Crippen molar-refractivity contribution in [2.75, 3.05) is 6.61 Å². The number of H-pyrrole nitrogens is 1. The number of ether oxygens (including phenoxy) is 3. The number of fused-ring (bicyclic) bond motifs is 1. The Labute approximate surface area is 177 Å². The second-order valence-electron chi connectivity index (χ2n) is 6.99. The third kappa shape index (κ3) is 5.81. The number of esters is 1. The number of alkyl halides is 3. The first-order valence-corrected chi connectivity index (χ1v) is 9.56. The van der Waals surface area contributed by atoms with Gasteiger partial charge in [-0.1, -0.05) is 24.8 Å². The van der Waals surface area contributed by atoms with Crippen molar-refractivity contribution in [3.05, 3.63) is 71.9 Å². The normalized spacial score (nSPS) is 12.4. The molecular formula is C23H22F3NO4. The van der Waals surface area contributed by atoms with Crippen LogP contribution in [0.5, 0.6) is 11.5 Å². The molecule has 0 amide bonds. The van der Waals surface area contributed by atoms with E-state index in [2.05, 4.69) is 16.3 Å². The van der Waals surface area contributed by atoms with Crippen molar-refractivity contribution in [1.29, 1.82) is 0 Å². The lowest BCUT2D eigenvalue weighted by Gasteiger charge is -2.14. The van der Waals surface area contributed by atoms with Crippen molar-refractivity contribution in [3.8, 4) is 11.5 Å². The number of hydrogen-bond acceptors (Lipinski definition) is 4. The molecule has 0 aliphatic carbocycles. The van der Waals surface area contributed by atoms with Crippen LogP contribution in [0.15, 0.2) is 55.1 Å². The van der Waals surface area contributed by atoms with Gasteiger partial charge in [0, 0.05) is 16.6 Å². The molecule has 0 aliphatic rings. The van der Waals surface area contributed by atoms with Crippen molar-refractivity contribution in [2.45, 2.75) is 32.7 Å². The number of aromatic nitrogens is 1. The molecule has 1 N–H and O–H groups in total. The van der Waals surface area contributed by atoms with Crippen LogP contribution in [0.4, 0.5) is 13.2 Å². The van der Waals surface area contributed by atoms with Gasteiger partial charge in [0.2, 0.25) is 0 Å². The molecule has 1 aromatic heterocycles. The van der Waals surface area contributed by atoms with Crippen LogP contribution in [-0.2, 0) is 16.0 Å². The summed E-state index contributed by atoms with van der Waals surface area (Å²) in [6.07, 6.45) is -3.63. The number of aryl methyl sites for hydroxylation is 1. The Bertz CT molecular complexity index is 1090. The predicted octanol–water partition coefficient (Wildman–Crippen LogP) is 5.46. The summed E-state index contributed by atoms with van der Waals surface area (Å²) in [4.78, 5) is 15.1. The molecule has 0 saturated heterocycles. The third-order valence-electron chi connectivity index (χ3n) is 4.59. The van der Waals surface area contributed by atoms with Crippen LogP contribution in [0.1, 0.15) is 23.7 Å². The number of carbonyl (C=O) groups excluding carboxylic acids is 1. The molecule has 1 heterocycles. The molecule has 0 fully saturated rings. The van der Waals surface area contributed by atoms with Crippen LogP contribution in [0, 0.1) is 6.92 Å². The molecule has 0 saturated carbocycles. The molecule has 3 aromatic rings. The molecule has 0 unspecified atom stereocenters. The Morgan fingerprint density at radius 2 is 1.97 bits per heavy atom. The number of aromatic amines is 1. The summed E-state index contributed by atoms with van der Waals surface area (Å²) >= 11 is 0. The van der Waals surface area contributed by atoms with E-state index in [-0.39, 0.29) is 12.4 Å². The lowest BCUT2D eigenvalue weighted by atomic mass is 10.0. The minimum atomic E-state index is -4.76. The summed E-state index contributed by atoms with van der Waals surface area (Å²) in [5, 5.41) is 0.645. The quantitative estimate of drug-likeness (QED) is 0.378. The smallest absolute Gasteiger partial charge is 0.479 e. The summed E-state index contributed by atoms with van der Waals surface area (Å²) in [7, 11) is 0. The zero-order valence-electron chi connectivity index (χ0n) is 17.1. The van der Waals surface area contributed by atoms with Crippen LogP contribution in [0.3, 0.4) is 0 Å². The van der Waals surface area contributed by atoms with Gasteiger partial charge in [-0.2, -0.15) is 0 Å². The maximum atomic E-state index is 12.6. The standard InChI is InChI=1S/C23H22F3NO4/c1-4-10-29-22(28)15(3)30-17-7-5-6-16(11-17)12-19-14(2)27-21-9-8-18(13-20(19)21)31-23(24,25)26/h4-9,11,13,15,27H,1,10,12H2,2-3H3/t15-/m0/s1. The summed E-state index contributed by atoms with van der Waals surface area (Å²) in [5.41, 5.74) is 3.27. The highest BCUT2D eigenvalue weighted by molar-refractivity contribution is 5.86. The number of hydrogen-bond donors (Lipinski definition) is 1. The maximum absolute atomic E-state index is 12.6. The van der Waals surface area contributed by atoms with E-state index in [0.717, 1.165) is 16.8 Å². The van der Waals surface area contributed by atoms with E-state index in [1.807, 2.05) is 13.0 Å². The fraction of sp³-hybridized carbons (Fsp3) is 0.261. The molecule has 0 spiro atoms. The molecule has 0 bridgehead atoms. The highest BCUT2D eigenvalue weighted by atomic mass is 19.4. The van der Waals surface area contributed by atoms with E-state index in [1.165, 1.54) is 18.2 Å². The summed E-state index contributed by atoms with van der Waals surface area (Å²) < 4.78 is 52.4. The highest BCUT2D eigenvalue weighted by Gasteiger charge is 2.31. The van der Waals surface area contributed by atoms with E-state index < -0.39 is 18.4 Å². The van der Waals surface area contributed by atoms with Gasteiger partial charge in [-0.3, -0.25) is 0 Å². The number of rotatable bonds is 8. The van der Waals surface area contributed by atoms with Crippen molar-refractivity contribution in [2.24, 2.45) is 0 Å². The van der Waals surface area contributed by atoms with Gasteiger partial charge in [0.05, 0.1) is 0 Å². The largest absolute Gasteiger partial charge is 0.573 e. The van der Waals surface area contributed by atoms with Gasteiger partial charge in [0.25, 0.3) is 0 Å². The Morgan fingerprint density at radius 1 is 1.19 bits per heavy atom. The van der Waals surface area contributed by atoms with Crippen LogP contribution >= 0.6 is 0 Å². The first-order valence-electron chi connectivity index (χ1n) is 9.56.